The Bertz CT molecular complexity index is 666. The zero-order valence-electron chi connectivity index (χ0n) is 12.3. The van der Waals surface area contributed by atoms with Gasteiger partial charge in [-0.25, -0.2) is 4.98 Å². The van der Waals surface area contributed by atoms with Gasteiger partial charge in [0.1, 0.15) is 5.15 Å². The van der Waals surface area contributed by atoms with Crippen molar-refractivity contribution in [2.45, 2.75) is 26.2 Å². The van der Waals surface area contributed by atoms with Crippen LogP contribution >= 0.6 is 11.6 Å². The summed E-state index contributed by atoms with van der Waals surface area (Å²) < 4.78 is 0. The van der Waals surface area contributed by atoms with Crippen molar-refractivity contribution in [1.82, 2.24) is 4.98 Å². The quantitative estimate of drug-likeness (QED) is 0.673. The van der Waals surface area contributed by atoms with E-state index in [-0.39, 0.29) is 5.91 Å². The Balaban J connectivity index is 2.24. The first-order valence-corrected chi connectivity index (χ1v) is 6.99. The van der Waals surface area contributed by atoms with Crippen LogP contribution in [-0.4, -0.2) is 10.9 Å². The van der Waals surface area contributed by atoms with Crippen molar-refractivity contribution in [3.63, 3.8) is 0 Å². The molecule has 0 bridgehead atoms. The largest absolute Gasteiger partial charge is 0.399 e. The van der Waals surface area contributed by atoms with Crippen molar-refractivity contribution in [3.05, 3.63) is 52.8 Å². The summed E-state index contributed by atoms with van der Waals surface area (Å²) in [5, 5.41) is 3.31. The maximum Gasteiger partial charge on any atom is 0.234 e. The second kappa shape index (κ2) is 5.74. The number of carbonyl (C=O) groups is 1. The van der Waals surface area contributed by atoms with Crippen molar-refractivity contribution in [3.8, 4) is 0 Å². The lowest BCUT2D eigenvalue weighted by Crippen LogP contribution is -2.35. The van der Waals surface area contributed by atoms with Crippen LogP contribution in [0.1, 0.15) is 25.1 Å². The molecule has 3 N–H and O–H groups in total. The van der Waals surface area contributed by atoms with Gasteiger partial charge in [0.15, 0.2) is 0 Å². The summed E-state index contributed by atoms with van der Waals surface area (Å²) in [6, 6.07) is 10.7. The lowest BCUT2D eigenvalue weighted by molar-refractivity contribution is -0.120. The molecule has 21 heavy (non-hydrogen) atoms. The summed E-state index contributed by atoms with van der Waals surface area (Å²) >= 11 is 5.82. The van der Waals surface area contributed by atoms with Crippen molar-refractivity contribution < 1.29 is 4.79 Å². The summed E-state index contributed by atoms with van der Waals surface area (Å²) in [6.07, 6.45) is 0. The number of nitrogens with zero attached hydrogens (tertiary/aromatic N) is 1. The van der Waals surface area contributed by atoms with Crippen LogP contribution in [0.3, 0.4) is 0 Å². The molecule has 2 aromatic rings. The van der Waals surface area contributed by atoms with Gasteiger partial charge in [-0.15, -0.1) is 0 Å². The summed E-state index contributed by atoms with van der Waals surface area (Å²) in [5.41, 5.74) is 7.92. The lowest BCUT2D eigenvalue weighted by atomic mass is 9.83. The van der Waals surface area contributed by atoms with E-state index in [0.717, 1.165) is 5.56 Å². The number of anilines is 2. The Morgan fingerprint density at radius 2 is 1.81 bits per heavy atom. The predicted molar refractivity (Wildman–Crippen MR) is 86.5 cm³/mol. The average molecular weight is 304 g/mol. The Morgan fingerprint density at radius 1 is 1.19 bits per heavy atom. The fraction of sp³-hybridized carbons (Fsp3) is 0.250. The minimum absolute atomic E-state index is 0.112. The highest BCUT2D eigenvalue weighted by Gasteiger charge is 2.30. The molecule has 5 heteroatoms. The average Bonchev–Trinajstić information content (AvgIpc) is 2.42. The molecule has 1 aromatic heterocycles. The maximum atomic E-state index is 12.6. The minimum Gasteiger partial charge on any atom is -0.399 e. The first kappa shape index (κ1) is 15.3. The molecule has 4 nitrogen and oxygen atoms in total. The topological polar surface area (TPSA) is 68.0 Å². The van der Waals surface area contributed by atoms with Gasteiger partial charge in [-0.2, -0.15) is 0 Å². The van der Waals surface area contributed by atoms with Crippen LogP contribution in [0.25, 0.3) is 0 Å². The number of benzene rings is 1. The smallest absolute Gasteiger partial charge is 0.234 e. The van der Waals surface area contributed by atoms with Crippen molar-refractivity contribution in [2.75, 3.05) is 11.1 Å². The van der Waals surface area contributed by atoms with E-state index in [0.29, 0.717) is 22.2 Å². The number of hydrogen-bond donors (Lipinski definition) is 2. The number of nitrogens with one attached hydrogen (secondary N) is 1. The molecular formula is C16H18ClN3O. The van der Waals surface area contributed by atoms with Crippen LogP contribution in [0.2, 0.25) is 5.15 Å². The monoisotopic (exact) mass is 303 g/mol. The molecule has 0 saturated carbocycles. The molecule has 0 aliphatic heterocycles. The van der Waals surface area contributed by atoms with Gasteiger partial charge in [-0.3, -0.25) is 4.79 Å². The third-order valence-corrected chi connectivity index (χ3v) is 3.71. The number of carbonyl (C=O) groups excluding carboxylic acids is 1. The summed E-state index contributed by atoms with van der Waals surface area (Å²) in [7, 11) is 0. The summed E-state index contributed by atoms with van der Waals surface area (Å²) in [6.45, 7) is 5.54. The molecule has 0 saturated heterocycles. The second-order valence-electron chi connectivity index (χ2n) is 5.47. The number of halogens is 1. The van der Waals surface area contributed by atoms with Gasteiger partial charge >= 0.3 is 0 Å². The van der Waals surface area contributed by atoms with Gasteiger partial charge in [0.25, 0.3) is 0 Å². The van der Waals surface area contributed by atoms with Gasteiger partial charge < -0.3 is 11.1 Å². The predicted octanol–water partition coefficient (Wildman–Crippen LogP) is 3.54. The number of amides is 1. The first-order valence-electron chi connectivity index (χ1n) is 6.61. The molecule has 1 aromatic carbocycles. The second-order valence-corrected chi connectivity index (χ2v) is 5.86. The molecule has 0 aliphatic carbocycles. The van der Waals surface area contributed by atoms with Crippen LogP contribution in [0.15, 0.2) is 36.4 Å². The van der Waals surface area contributed by atoms with Crippen LogP contribution < -0.4 is 11.1 Å². The first-order chi connectivity index (χ1) is 9.80. The molecule has 0 aliphatic rings. The standard InChI is InChI=1S/C16H18ClN3O/c1-10-13(8-9-14(17)19-10)20-15(21)16(2,3)11-4-6-12(18)7-5-11/h4-9H,18H2,1-3H3,(H,20,21). The van der Waals surface area contributed by atoms with E-state index in [1.807, 2.05) is 26.0 Å². The van der Waals surface area contributed by atoms with Gasteiger partial charge in [0, 0.05) is 5.69 Å². The van der Waals surface area contributed by atoms with Crippen LogP contribution in [-0.2, 0) is 10.2 Å². The number of nitrogen functional groups attached to an aromatic ring is 1. The Hall–Kier alpha value is -2.07. The SMILES string of the molecule is Cc1nc(Cl)ccc1NC(=O)C(C)(C)c1ccc(N)cc1. The molecular weight excluding hydrogens is 286 g/mol. The van der Waals surface area contributed by atoms with E-state index >= 15 is 0 Å². The van der Waals surface area contributed by atoms with E-state index in [2.05, 4.69) is 10.3 Å². The molecule has 0 unspecified atom stereocenters. The van der Waals surface area contributed by atoms with E-state index in [1.165, 1.54) is 0 Å². The molecule has 0 spiro atoms. The molecule has 1 heterocycles. The molecule has 110 valence electrons. The van der Waals surface area contributed by atoms with Gasteiger partial charge in [0.05, 0.1) is 16.8 Å². The highest BCUT2D eigenvalue weighted by atomic mass is 35.5. The number of rotatable bonds is 3. The molecule has 1 amide bonds. The van der Waals surface area contributed by atoms with E-state index in [9.17, 15) is 4.79 Å². The van der Waals surface area contributed by atoms with Crippen molar-refractivity contribution >= 4 is 28.9 Å². The Kier molecular flexibility index (Phi) is 4.19. The zero-order chi connectivity index (χ0) is 15.6. The van der Waals surface area contributed by atoms with Crippen LogP contribution in [0.4, 0.5) is 11.4 Å². The molecule has 2 rings (SSSR count). The third-order valence-electron chi connectivity index (χ3n) is 3.50. The van der Waals surface area contributed by atoms with E-state index in [4.69, 9.17) is 17.3 Å². The third kappa shape index (κ3) is 3.34. The van der Waals surface area contributed by atoms with Gasteiger partial charge in [0.2, 0.25) is 5.91 Å². The fourth-order valence-electron chi connectivity index (χ4n) is 1.97. The number of hydrogen-bond acceptors (Lipinski definition) is 3. The molecule has 0 fully saturated rings. The number of nitrogens with two attached hydrogens (primary N) is 1. The molecule has 0 atom stereocenters. The number of aromatic nitrogens is 1. The Morgan fingerprint density at radius 3 is 2.38 bits per heavy atom. The van der Waals surface area contributed by atoms with Crippen LogP contribution in [0, 0.1) is 6.92 Å². The van der Waals surface area contributed by atoms with Crippen molar-refractivity contribution in [1.29, 1.82) is 0 Å². The maximum absolute atomic E-state index is 12.6. The van der Waals surface area contributed by atoms with Crippen LogP contribution in [0.5, 0.6) is 0 Å². The zero-order valence-corrected chi connectivity index (χ0v) is 13.0. The van der Waals surface area contributed by atoms with Crippen molar-refractivity contribution in [2.24, 2.45) is 0 Å². The number of aryl methyl sites for hydroxylation is 1. The highest BCUT2D eigenvalue weighted by Crippen LogP contribution is 2.26. The summed E-state index contributed by atoms with van der Waals surface area (Å²) in [5.74, 6) is -0.112. The normalized spacial score (nSPS) is 11.2. The van der Waals surface area contributed by atoms with E-state index in [1.54, 1.807) is 31.2 Å². The van der Waals surface area contributed by atoms with Gasteiger partial charge in [-0.05, 0) is 50.6 Å². The highest BCUT2D eigenvalue weighted by molar-refractivity contribution is 6.29. The summed E-state index contributed by atoms with van der Waals surface area (Å²) in [4.78, 5) is 16.7. The molecule has 0 radical (unpaired) electrons. The van der Waals surface area contributed by atoms with Gasteiger partial charge in [-0.1, -0.05) is 23.7 Å². The fourth-order valence-corrected chi connectivity index (χ4v) is 2.16. The van der Waals surface area contributed by atoms with E-state index < -0.39 is 5.41 Å². The lowest BCUT2D eigenvalue weighted by Gasteiger charge is -2.24. The number of pyridine rings is 1. The minimum atomic E-state index is -0.681. The Labute approximate surface area is 129 Å².